The highest BCUT2D eigenvalue weighted by Gasteiger charge is 2.23. The molecule has 0 fully saturated rings. The van der Waals surface area contributed by atoms with Gasteiger partial charge in [-0.25, -0.2) is 9.97 Å². The van der Waals surface area contributed by atoms with Crippen LogP contribution in [0.1, 0.15) is 30.7 Å². The molecule has 0 saturated heterocycles. The van der Waals surface area contributed by atoms with E-state index in [2.05, 4.69) is 27.7 Å². The second-order valence-electron chi connectivity index (χ2n) is 5.73. The van der Waals surface area contributed by atoms with Gasteiger partial charge in [0.2, 0.25) is 11.8 Å². The lowest BCUT2D eigenvalue weighted by atomic mass is 9.89. The van der Waals surface area contributed by atoms with Crippen molar-refractivity contribution in [2.75, 3.05) is 5.75 Å². The first kappa shape index (κ1) is 16.2. The summed E-state index contributed by atoms with van der Waals surface area (Å²) < 4.78 is 0. The molecule has 0 spiro atoms. The fourth-order valence-corrected chi connectivity index (χ4v) is 4.92. The number of hydrogen-bond acceptors (Lipinski definition) is 6. The molecule has 2 N–H and O–H groups in total. The number of aryl methyl sites for hydroxylation is 1. The van der Waals surface area contributed by atoms with Crippen LogP contribution in [-0.2, 0) is 22.4 Å². The highest BCUT2D eigenvalue weighted by Crippen LogP contribution is 2.40. The molecule has 1 atom stereocenters. The zero-order valence-corrected chi connectivity index (χ0v) is 14.6. The van der Waals surface area contributed by atoms with Gasteiger partial charge in [-0.15, -0.1) is 11.3 Å². The van der Waals surface area contributed by atoms with E-state index in [1.807, 2.05) is 0 Å². The molecular weight excluding hydrogens is 332 g/mol. The summed E-state index contributed by atoms with van der Waals surface area (Å²) >= 11 is 3.12. The Labute approximate surface area is 142 Å². The number of aromatic nitrogens is 2. The second-order valence-corrected chi connectivity index (χ2v) is 7.78. The summed E-state index contributed by atoms with van der Waals surface area (Å²) in [5.74, 6) is 0.361. The Morgan fingerprint density at radius 2 is 2.22 bits per heavy atom. The van der Waals surface area contributed by atoms with Gasteiger partial charge in [-0.05, 0) is 30.7 Å². The molecule has 122 valence electrons. The molecule has 23 heavy (non-hydrogen) atoms. The van der Waals surface area contributed by atoms with Gasteiger partial charge in [0.25, 0.3) is 0 Å². The van der Waals surface area contributed by atoms with Gasteiger partial charge in [-0.3, -0.25) is 20.4 Å². The molecule has 0 bridgehead atoms. The van der Waals surface area contributed by atoms with Gasteiger partial charge in [-0.2, -0.15) is 0 Å². The number of nitrogens with zero attached hydrogens (tertiary/aromatic N) is 2. The molecular formula is C15H18N4O2S2. The smallest absolute Gasteiger partial charge is 0.248 e. The van der Waals surface area contributed by atoms with E-state index in [1.54, 1.807) is 17.7 Å². The van der Waals surface area contributed by atoms with E-state index in [1.165, 1.54) is 35.5 Å². The SMILES string of the molecule is CC(=O)NNC(=O)CSc1ncnc2sc3c(c12)CC[C@H](C)C3. The van der Waals surface area contributed by atoms with E-state index in [0.29, 0.717) is 5.92 Å². The lowest BCUT2D eigenvalue weighted by Gasteiger charge is -2.18. The van der Waals surface area contributed by atoms with Crippen molar-refractivity contribution in [3.05, 3.63) is 16.8 Å². The molecule has 2 heterocycles. The van der Waals surface area contributed by atoms with E-state index < -0.39 is 0 Å². The summed E-state index contributed by atoms with van der Waals surface area (Å²) in [5, 5.41) is 1.96. The normalized spacial score (nSPS) is 16.9. The van der Waals surface area contributed by atoms with Gasteiger partial charge < -0.3 is 0 Å². The predicted octanol–water partition coefficient (Wildman–Crippen LogP) is 2.08. The molecule has 0 saturated carbocycles. The van der Waals surface area contributed by atoms with Crippen LogP contribution in [0.4, 0.5) is 0 Å². The summed E-state index contributed by atoms with van der Waals surface area (Å²) in [7, 11) is 0. The Morgan fingerprint density at radius 1 is 1.39 bits per heavy atom. The number of nitrogens with one attached hydrogen (secondary N) is 2. The molecule has 2 aromatic rings. The standard InChI is InChI=1S/C15H18N4O2S2/c1-8-3-4-10-11(5-8)23-15-13(10)14(16-7-17-15)22-6-12(21)19-18-9(2)20/h7-8H,3-6H2,1-2H3,(H,18,20)(H,19,21)/t8-/m0/s1. The third kappa shape index (κ3) is 3.64. The van der Waals surface area contributed by atoms with Crippen LogP contribution >= 0.6 is 23.1 Å². The Hall–Kier alpha value is -1.67. The van der Waals surface area contributed by atoms with Crippen LogP contribution < -0.4 is 10.9 Å². The zero-order chi connectivity index (χ0) is 16.4. The number of rotatable bonds is 3. The zero-order valence-electron chi connectivity index (χ0n) is 13.0. The molecule has 1 aliphatic carbocycles. The summed E-state index contributed by atoms with van der Waals surface area (Å²) in [5.41, 5.74) is 6.00. The molecule has 0 unspecified atom stereocenters. The number of hydrogen-bond donors (Lipinski definition) is 2. The number of hydrazine groups is 1. The summed E-state index contributed by atoms with van der Waals surface area (Å²) in [6, 6.07) is 0. The Kier molecular flexibility index (Phi) is 4.82. The van der Waals surface area contributed by atoms with E-state index in [9.17, 15) is 9.59 Å². The number of thiophene rings is 1. The molecule has 0 aliphatic heterocycles. The summed E-state index contributed by atoms with van der Waals surface area (Å²) in [6.07, 6.45) is 4.89. The van der Waals surface area contributed by atoms with Gasteiger partial charge in [0.15, 0.2) is 0 Å². The van der Waals surface area contributed by atoms with Crippen LogP contribution in [0.2, 0.25) is 0 Å². The van der Waals surface area contributed by atoms with Crippen LogP contribution in [0.25, 0.3) is 10.2 Å². The van der Waals surface area contributed by atoms with Crippen LogP contribution in [0.5, 0.6) is 0 Å². The highest BCUT2D eigenvalue weighted by atomic mass is 32.2. The largest absolute Gasteiger partial charge is 0.274 e. The monoisotopic (exact) mass is 350 g/mol. The first-order chi connectivity index (χ1) is 11.0. The number of amides is 2. The van der Waals surface area contributed by atoms with Crippen molar-refractivity contribution in [3.8, 4) is 0 Å². The Balaban J connectivity index is 1.79. The minimum absolute atomic E-state index is 0.202. The molecule has 2 aromatic heterocycles. The minimum atomic E-state index is -0.297. The first-order valence-corrected chi connectivity index (χ1v) is 9.28. The number of fused-ring (bicyclic) bond motifs is 3. The lowest BCUT2D eigenvalue weighted by molar-refractivity contribution is -0.126. The van der Waals surface area contributed by atoms with Crippen LogP contribution in [0, 0.1) is 5.92 Å². The van der Waals surface area contributed by atoms with Crippen molar-refractivity contribution in [2.24, 2.45) is 5.92 Å². The van der Waals surface area contributed by atoms with Crippen molar-refractivity contribution in [3.63, 3.8) is 0 Å². The van der Waals surface area contributed by atoms with Gasteiger partial charge in [0.1, 0.15) is 16.2 Å². The highest BCUT2D eigenvalue weighted by molar-refractivity contribution is 8.00. The van der Waals surface area contributed by atoms with E-state index >= 15 is 0 Å². The third-order valence-electron chi connectivity index (χ3n) is 3.77. The van der Waals surface area contributed by atoms with Crippen molar-refractivity contribution < 1.29 is 9.59 Å². The quantitative estimate of drug-likeness (QED) is 0.503. The van der Waals surface area contributed by atoms with E-state index in [-0.39, 0.29) is 17.6 Å². The molecule has 0 aromatic carbocycles. The maximum Gasteiger partial charge on any atom is 0.248 e. The molecule has 8 heteroatoms. The molecule has 1 aliphatic rings. The number of carbonyl (C=O) groups excluding carboxylic acids is 2. The van der Waals surface area contributed by atoms with E-state index in [4.69, 9.17) is 0 Å². The third-order valence-corrected chi connectivity index (χ3v) is 5.93. The summed E-state index contributed by atoms with van der Waals surface area (Å²) in [4.78, 5) is 33.7. The second kappa shape index (κ2) is 6.84. The maximum absolute atomic E-state index is 11.7. The minimum Gasteiger partial charge on any atom is -0.274 e. The van der Waals surface area contributed by atoms with Crippen molar-refractivity contribution in [1.29, 1.82) is 0 Å². The van der Waals surface area contributed by atoms with Crippen LogP contribution in [0.3, 0.4) is 0 Å². The fraction of sp³-hybridized carbons (Fsp3) is 0.467. The van der Waals surface area contributed by atoms with Crippen LogP contribution in [-0.4, -0.2) is 27.5 Å². The van der Waals surface area contributed by atoms with Gasteiger partial charge in [0.05, 0.1) is 5.75 Å². The average Bonchev–Trinajstić information content (AvgIpc) is 2.88. The maximum atomic E-state index is 11.7. The molecule has 2 amide bonds. The predicted molar refractivity (Wildman–Crippen MR) is 91.3 cm³/mol. The number of thioether (sulfide) groups is 1. The molecule has 6 nitrogen and oxygen atoms in total. The molecule has 3 rings (SSSR count). The Bertz CT molecular complexity index is 759. The Morgan fingerprint density at radius 3 is 3.00 bits per heavy atom. The van der Waals surface area contributed by atoms with Crippen molar-refractivity contribution in [2.45, 2.75) is 38.1 Å². The lowest BCUT2D eigenvalue weighted by Crippen LogP contribution is -2.41. The molecule has 0 radical (unpaired) electrons. The number of carbonyl (C=O) groups is 2. The van der Waals surface area contributed by atoms with Crippen LogP contribution in [0.15, 0.2) is 11.4 Å². The average molecular weight is 350 g/mol. The van der Waals surface area contributed by atoms with Gasteiger partial charge in [-0.1, -0.05) is 18.7 Å². The van der Waals surface area contributed by atoms with Gasteiger partial charge >= 0.3 is 0 Å². The first-order valence-electron chi connectivity index (χ1n) is 7.48. The van der Waals surface area contributed by atoms with E-state index in [0.717, 1.165) is 28.1 Å². The fourth-order valence-electron chi connectivity index (χ4n) is 2.68. The topological polar surface area (TPSA) is 84.0 Å². The van der Waals surface area contributed by atoms with Crippen molar-refractivity contribution >= 4 is 45.1 Å². The summed E-state index contributed by atoms with van der Waals surface area (Å²) in [6.45, 7) is 3.63. The van der Waals surface area contributed by atoms with Gasteiger partial charge in [0, 0.05) is 17.2 Å². The van der Waals surface area contributed by atoms with Crippen molar-refractivity contribution in [1.82, 2.24) is 20.8 Å².